The predicted molar refractivity (Wildman–Crippen MR) is 121 cm³/mol. The molecule has 3 aromatic carbocycles. The molecular formula is C25H28N2O3. The molecule has 0 saturated heterocycles. The summed E-state index contributed by atoms with van der Waals surface area (Å²) in [5.41, 5.74) is 0.502. The number of ether oxygens (including phenoxy) is 1. The van der Waals surface area contributed by atoms with Crippen LogP contribution in [0.15, 0.2) is 66.7 Å². The van der Waals surface area contributed by atoms with Gasteiger partial charge in [0.25, 0.3) is 11.8 Å². The molecule has 0 radical (unpaired) electrons. The standard InChI is InChI=1S/C25H28N2O3/c1-5-21(30-22-16-10-12-17-11-6-7-13-18(17)22)24(29)26-20-15-9-8-14-19(20)23(28)27-25(2,3)4/h6-16,21H,5H2,1-4H3,(H,26,29)(H,27,28)/t21-/m0/s1. The quantitative estimate of drug-likeness (QED) is 0.596. The van der Waals surface area contributed by atoms with Crippen LogP contribution in [0.4, 0.5) is 5.69 Å². The average Bonchev–Trinajstić information content (AvgIpc) is 2.71. The van der Waals surface area contributed by atoms with Gasteiger partial charge in [-0.2, -0.15) is 0 Å². The Balaban J connectivity index is 1.80. The normalized spacial score (nSPS) is 12.3. The monoisotopic (exact) mass is 404 g/mol. The second-order valence-electron chi connectivity index (χ2n) is 8.23. The molecule has 3 aromatic rings. The minimum absolute atomic E-state index is 0.235. The molecule has 156 valence electrons. The molecule has 30 heavy (non-hydrogen) atoms. The molecule has 2 amide bonds. The Morgan fingerprint density at radius 1 is 0.933 bits per heavy atom. The number of hydrogen-bond donors (Lipinski definition) is 2. The Labute approximate surface area is 177 Å². The molecule has 3 rings (SSSR count). The Hall–Kier alpha value is -3.34. The molecule has 0 aliphatic heterocycles. The molecule has 0 spiro atoms. The van der Waals surface area contributed by atoms with Crippen molar-refractivity contribution in [2.24, 2.45) is 0 Å². The van der Waals surface area contributed by atoms with E-state index in [1.807, 2.05) is 70.2 Å². The van der Waals surface area contributed by atoms with Crippen LogP contribution in [0.1, 0.15) is 44.5 Å². The summed E-state index contributed by atoms with van der Waals surface area (Å²) >= 11 is 0. The van der Waals surface area contributed by atoms with E-state index in [4.69, 9.17) is 4.74 Å². The Morgan fingerprint density at radius 2 is 1.60 bits per heavy atom. The molecule has 5 heteroatoms. The summed E-state index contributed by atoms with van der Waals surface area (Å²) in [6.45, 7) is 7.64. The number of fused-ring (bicyclic) bond motifs is 1. The minimum Gasteiger partial charge on any atom is -0.480 e. The molecule has 0 aromatic heterocycles. The fraction of sp³-hybridized carbons (Fsp3) is 0.280. The zero-order valence-corrected chi connectivity index (χ0v) is 17.9. The van der Waals surface area contributed by atoms with Crippen LogP contribution in [-0.4, -0.2) is 23.5 Å². The third-order valence-electron chi connectivity index (χ3n) is 4.60. The Morgan fingerprint density at radius 3 is 2.33 bits per heavy atom. The highest BCUT2D eigenvalue weighted by atomic mass is 16.5. The van der Waals surface area contributed by atoms with Crippen molar-refractivity contribution >= 4 is 28.3 Å². The van der Waals surface area contributed by atoms with Crippen LogP contribution in [0.2, 0.25) is 0 Å². The van der Waals surface area contributed by atoms with Gasteiger partial charge in [-0.15, -0.1) is 0 Å². The average molecular weight is 405 g/mol. The van der Waals surface area contributed by atoms with Crippen LogP contribution < -0.4 is 15.4 Å². The van der Waals surface area contributed by atoms with E-state index in [9.17, 15) is 9.59 Å². The highest BCUT2D eigenvalue weighted by Crippen LogP contribution is 2.27. The van der Waals surface area contributed by atoms with Crippen LogP contribution in [0.25, 0.3) is 10.8 Å². The number of hydrogen-bond acceptors (Lipinski definition) is 3. The third kappa shape index (κ3) is 5.17. The number of nitrogens with one attached hydrogen (secondary N) is 2. The van der Waals surface area contributed by atoms with Gasteiger partial charge in [-0.05, 0) is 50.8 Å². The van der Waals surface area contributed by atoms with Gasteiger partial charge in [0.2, 0.25) is 0 Å². The predicted octanol–water partition coefficient (Wildman–Crippen LogP) is 5.16. The smallest absolute Gasteiger partial charge is 0.265 e. The van der Waals surface area contributed by atoms with Gasteiger partial charge < -0.3 is 15.4 Å². The van der Waals surface area contributed by atoms with E-state index in [1.165, 1.54) is 0 Å². The summed E-state index contributed by atoms with van der Waals surface area (Å²) < 4.78 is 6.08. The number of benzene rings is 3. The van der Waals surface area contributed by atoms with Crippen molar-refractivity contribution in [3.63, 3.8) is 0 Å². The van der Waals surface area contributed by atoms with E-state index < -0.39 is 6.10 Å². The molecule has 0 fully saturated rings. The molecule has 0 unspecified atom stereocenters. The minimum atomic E-state index is -0.686. The van der Waals surface area contributed by atoms with Crippen LogP contribution in [-0.2, 0) is 4.79 Å². The summed E-state index contributed by atoms with van der Waals surface area (Å²) in [5, 5.41) is 7.81. The first-order valence-electron chi connectivity index (χ1n) is 10.2. The van der Waals surface area contributed by atoms with Crippen LogP contribution in [0.3, 0.4) is 0 Å². The van der Waals surface area contributed by atoms with Gasteiger partial charge >= 0.3 is 0 Å². The van der Waals surface area contributed by atoms with E-state index in [2.05, 4.69) is 10.6 Å². The first kappa shape index (κ1) is 21.4. The number of para-hydroxylation sites is 1. The third-order valence-corrected chi connectivity index (χ3v) is 4.60. The first-order chi connectivity index (χ1) is 14.3. The van der Waals surface area contributed by atoms with Crippen molar-refractivity contribution in [2.75, 3.05) is 5.32 Å². The lowest BCUT2D eigenvalue weighted by Crippen LogP contribution is -2.41. The molecule has 0 saturated carbocycles. The van der Waals surface area contributed by atoms with Crippen molar-refractivity contribution in [3.8, 4) is 5.75 Å². The highest BCUT2D eigenvalue weighted by Gasteiger charge is 2.23. The summed E-state index contributed by atoms with van der Waals surface area (Å²) in [4.78, 5) is 25.6. The van der Waals surface area contributed by atoms with Gasteiger partial charge in [0, 0.05) is 10.9 Å². The second-order valence-corrected chi connectivity index (χ2v) is 8.23. The van der Waals surface area contributed by atoms with Crippen molar-refractivity contribution in [1.82, 2.24) is 5.32 Å². The van der Waals surface area contributed by atoms with Gasteiger partial charge in [0.1, 0.15) is 5.75 Å². The van der Waals surface area contributed by atoms with Crippen molar-refractivity contribution < 1.29 is 14.3 Å². The molecule has 5 nitrogen and oxygen atoms in total. The maximum atomic E-state index is 13.0. The summed E-state index contributed by atoms with van der Waals surface area (Å²) in [7, 11) is 0. The van der Waals surface area contributed by atoms with Crippen LogP contribution in [0.5, 0.6) is 5.75 Å². The molecular weight excluding hydrogens is 376 g/mol. The highest BCUT2D eigenvalue weighted by molar-refractivity contribution is 6.05. The second kappa shape index (κ2) is 8.99. The Kier molecular flexibility index (Phi) is 6.40. The molecule has 0 aliphatic carbocycles. The van der Waals surface area contributed by atoms with Crippen molar-refractivity contribution in [2.45, 2.75) is 45.8 Å². The van der Waals surface area contributed by atoms with E-state index >= 15 is 0 Å². The summed E-state index contributed by atoms with van der Waals surface area (Å²) in [6, 6.07) is 20.7. The maximum absolute atomic E-state index is 13.0. The van der Waals surface area contributed by atoms with E-state index in [0.717, 1.165) is 10.8 Å². The molecule has 1 atom stereocenters. The van der Waals surface area contributed by atoms with Gasteiger partial charge in [0.05, 0.1) is 11.3 Å². The van der Waals surface area contributed by atoms with E-state index in [0.29, 0.717) is 23.4 Å². The Bertz CT molecular complexity index is 1050. The van der Waals surface area contributed by atoms with Crippen LogP contribution >= 0.6 is 0 Å². The zero-order chi connectivity index (χ0) is 21.7. The van der Waals surface area contributed by atoms with Crippen molar-refractivity contribution in [3.05, 3.63) is 72.3 Å². The lowest BCUT2D eigenvalue weighted by atomic mass is 10.1. The molecule has 0 bridgehead atoms. The lowest BCUT2D eigenvalue weighted by molar-refractivity contribution is -0.122. The van der Waals surface area contributed by atoms with Crippen LogP contribution in [0, 0.1) is 0 Å². The number of rotatable bonds is 6. The number of amides is 2. The van der Waals surface area contributed by atoms with Gasteiger partial charge in [-0.3, -0.25) is 9.59 Å². The van der Waals surface area contributed by atoms with Gasteiger partial charge in [-0.25, -0.2) is 0 Å². The summed E-state index contributed by atoms with van der Waals surface area (Å²) in [5.74, 6) is 0.136. The largest absolute Gasteiger partial charge is 0.480 e. The molecule has 0 aliphatic rings. The first-order valence-corrected chi connectivity index (χ1v) is 10.2. The van der Waals surface area contributed by atoms with Crippen molar-refractivity contribution in [1.29, 1.82) is 0 Å². The molecule has 2 N–H and O–H groups in total. The fourth-order valence-electron chi connectivity index (χ4n) is 3.19. The fourth-order valence-corrected chi connectivity index (χ4v) is 3.19. The van der Waals surface area contributed by atoms with E-state index in [-0.39, 0.29) is 17.4 Å². The number of carbonyl (C=O) groups excluding carboxylic acids is 2. The number of carbonyl (C=O) groups is 2. The topological polar surface area (TPSA) is 67.4 Å². The number of anilines is 1. The lowest BCUT2D eigenvalue weighted by Gasteiger charge is -2.22. The van der Waals surface area contributed by atoms with Gasteiger partial charge in [-0.1, -0.05) is 55.5 Å². The van der Waals surface area contributed by atoms with Gasteiger partial charge in [0.15, 0.2) is 6.10 Å². The SMILES string of the molecule is CC[C@H](Oc1cccc2ccccc12)C(=O)Nc1ccccc1C(=O)NC(C)(C)C. The molecule has 0 heterocycles. The zero-order valence-electron chi connectivity index (χ0n) is 17.9. The van der Waals surface area contributed by atoms with E-state index in [1.54, 1.807) is 24.3 Å². The summed E-state index contributed by atoms with van der Waals surface area (Å²) in [6.07, 6.45) is -0.194. The maximum Gasteiger partial charge on any atom is 0.265 e.